The summed E-state index contributed by atoms with van der Waals surface area (Å²) in [5, 5.41) is 3.84. The van der Waals surface area contributed by atoms with Gasteiger partial charge in [0.05, 0.1) is 5.92 Å². The van der Waals surface area contributed by atoms with Gasteiger partial charge in [-0.2, -0.15) is 18.2 Å². The van der Waals surface area contributed by atoms with E-state index < -0.39 is 24.5 Å². The van der Waals surface area contributed by atoms with Crippen molar-refractivity contribution in [2.75, 3.05) is 13.1 Å². The van der Waals surface area contributed by atoms with Crippen LogP contribution in [0.15, 0.2) is 28.8 Å². The Kier molecular flexibility index (Phi) is 4.27. The minimum atomic E-state index is -4.42. The van der Waals surface area contributed by atoms with E-state index in [0.29, 0.717) is 17.9 Å². The Balaban J connectivity index is 1.72. The number of benzene rings is 1. The lowest BCUT2D eigenvalue weighted by Gasteiger charge is -2.17. The zero-order chi connectivity index (χ0) is 17.3. The third-order valence-corrected chi connectivity index (χ3v) is 3.82. The Morgan fingerprint density at radius 1 is 1.29 bits per heavy atom. The molecule has 0 saturated carbocycles. The summed E-state index contributed by atoms with van der Waals surface area (Å²) in [6.45, 7) is -0.924. The Hall–Kier alpha value is -2.42. The van der Waals surface area contributed by atoms with Crippen molar-refractivity contribution in [2.24, 2.45) is 5.73 Å². The Labute approximate surface area is 135 Å². The quantitative estimate of drug-likeness (QED) is 0.921. The number of carbonyl (C=O) groups excluding carboxylic acids is 1. The molecule has 1 aromatic carbocycles. The number of rotatable bonds is 4. The van der Waals surface area contributed by atoms with Crippen molar-refractivity contribution >= 4 is 5.91 Å². The van der Waals surface area contributed by atoms with Crippen molar-refractivity contribution in [3.63, 3.8) is 0 Å². The van der Waals surface area contributed by atoms with Crippen LogP contribution >= 0.6 is 0 Å². The summed E-state index contributed by atoms with van der Waals surface area (Å²) in [5.41, 5.74) is 7.19. The molecule has 1 aliphatic rings. The Bertz CT molecular complexity index is 727. The van der Waals surface area contributed by atoms with E-state index in [2.05, 4.69) is 10.1 Å². The van der Waals surface area contributed by atoms with E-state index in [9.17, 15) is 18.0 Å². The van der Waals surface area contributed by atoms with Gasteiger partial charge in [0.1, 0.15) is 6.54 Å². The molecular formula is C15H15F3N4O2. The fourth-order valence-electron chi connectivity index (χ4n) is 2.62. The smallest absolute Gasteiger partial charge is 0.339 e. The van der Waals surface area contributed by atoms with E-state index in [1.165, 1.54) is 0 Å². The molecule has 1 aliphatic heterocycles. The number of nitrogens with two attached hydrogens (primary N) is 1. The molecule has 0 radical (unpaired) electrons. The van der Waals surface area contributed by atoms with Crippen LogP contribution in [0, 0.1) is 0 Å². The van der Waals surface area contributed by atoms with Crippen LogP contribution in [-0.4, -0.2) is 40.2 Å². The first-order valence-corrected chi connectivity index (χ1v) is 7.33. The number of alkyl halides is 3. The summed E-state index contributed by atoms with van der Waals surface area (Å²) < 4.78 is 42.5. The van der Waals surface area contributed by atoms with Gasteiger partial charge >= 0.3 is 6.18 Å². The molecule has 0 aliphatic carbocycles. The lowest BCUT2D eigenvalue weighted by molar-refractivity contribution is -0.157. The third kappa shape index (κ3) is 3.56. The molecule has 2 heterocycles. The van der Waals surface area contributed by atoms with Gasteiger partial charge in [-0.3, -0.25) is 4.79 Å². The third-order valence-electron chi connectivity index (χ3n) is 3.82. The number of halogens is 3. The number of hydrogen-bond acceptors (Lipinski definition) is 5. The first-order chi connectivity index (χ1) is 11.4. The predicted octanol–water partition coefficient (Wildman–Crippen LogP) is 2.07. The van der Waals surface area contributed by atoms with E-state index >= 15 is 0 Å². The predicted molar refractivity (Wildman–Crippen MR) is 77.6 cm³/mol. The molecule has 1 amide bonds. The maximum absolute atomic E-state index is 12.4. The summed E-state index contributed by atoms with van der Waals surface area (Å²) in [6.07, 6.45) is -4.49. The first-order valence-electron chi connectivity index (χ1n) is 7.33. The van der Waals surface area contributed by atoms with Gasteiger partial charge in [0.25, 0.3) is 0 Å². The van der Waals surface area contributed by atoms with Crippen molar-refractivity contribution in [2.45, 2.75) is 25.1 Å². The minimum Gasteiger partial charge on any atom is -0.339 e. The van der Waals surface area contributed by atoms with Crippen molar-refractivity contribution in [3.05, 3.63) is 35.7 Å². The van der Waals surface area contributed by atoms with E-state index in [1.54, 1.807) is 12.1 Å². The molecule has 1 unspecified atom stereocenters. The Morgan fingerprint density at radius 3 is 2.62 bits per heavy atom. The van der Waals surface area contributed by atoms with Gasteiger partial charge in [-0.05, 0) is 5.56 Å². The minimum absolute atomic E-state index is 0.0657. The highest BCUT2D eigenvalue weighted by Gasteiger charge is 2.40. The highest BCUT2D eigenvalue weighted by atomic mass is 19.4. The van der Waals surface area contributed by atoms with Crippen LogP contribution in [0.1, 0.15) is 23.8 Å². The van der Waals surface area contributed by atoms with Gasteiger partial charge in [0.2, 0.25) is 17.6 Å². The normalized spacial score (nSPS) is 18.4. The van der Waals surface area contributed by atoms with Gasteiger partial charge in [-0.25, -0.2) is 0 Å². The summed E-state index contributed by atoms with van der Waals surface area (Å²) in [4.78, 5) is 16.7. The van der Waals surface area contributed by atoms with Crippen LogP contribution in [0.2, 0.25) is 0 Å². The average molecular weight is 340 g/mol. The molecule has 9 heteroatoms. The van der Waals surface area contributed by atoms with E-state index in [0.717, 1.165) is 10.5 Å². The molecule has 2 aromatic rings. The largest absolute Gasteiger partial charge is 0.406 e. The Morgan fingerprint density at radius 2 is 2.00 bits per heavy atom. The lowest BCUT2D eigenvalue weighted by Crippen LogP contribution is -2.35. The van der Waals surface area contributed by atoms with E-state index in [-0.39, 0.29) is 18.9 Å². The molecule has 1 fully saturated rings. The fourth-order valence-corrected chi connectivity index (χ4v) is 2.62. The van der Waals surface area contributed by atoms with Crippen LogP contribution < -0.4 is 5.73 Å². The van der Waals surface area contributed by atoms with Crippen molar-refractivity contribution in [3.8, 4) is 11.4 Å². The van der Waals surface area contributed by atoms with Gasteiger partial charge < -0.3 is 15.2 Å². The van der Waals surface area contributed by atoms with Crippen LogP contribution in [0.5, 0.6) is 0 Å². The van der Waals surface area contributed by atoms with Gasteiger partial charge in [-0.15, -0.1) is 0 Å². The van der Waals surface area contributed by atoms with E-state index in [1.807, 2.05) is 12.1 Å². The van der Waals surface area contributed by atoms with Gasteiger partial charge in [0, 0.05) is 25.1 Å². The molecule has 2 N–H and O–H groups in total. The topological polar surface area (TPSA) is 85.2 Å². The number of nitrogens with zero attached hydrogens (tertiary/aromatic N) is 3. The van der Waals surface area contributed by atoms with Crippen LogP contribution in [0.4, 0.5) is 13.2 Å². The monoisotopic (exact) mass is 340 g/mol. The summed E-state index contributed by atoms with van der Waals surface area (Å²) in [6, 6.07) is 7.23. The zero-order valence-corrected chi connectivity index (χ0v) is 12.6. The highest BCUT2D eigenvalue weighted by molar-refractivity contribution is 5.79. The molecule has 0 bridgehead atoms. The average Bonchev–Trinajstić information content (AvgIpc) is 3.14. The number of aromatic nitrogens is 2. The second kappa shape index (κ2) is 6.23. The zero-order valence-electron chi connectivity index (χ0n) is 12.6. The van der Waals surface area contributed by atoms with Gasteiger partial charge in [-0.1, -0.05) is 29.4 Å². The number of hydrogen-bond donors (Lipinski definition) is 1. The lowest BCUT2D eigenvalue weighted by atomic mass is 10.1. The van der Waals surface area contributed by atoms with Crippen LogP contribution in [0.3, 0.4) is 0 Å². The molecule has 1 atom stereocenters. The van der Waals surface area contributed by atoms with Crippen LogP contribution in [-0.2, 0) is 11.3 Å². The number of likely N-dealkylation sites (tertiary alicyclic amines) is 1. The molecule has 3 rings (SSSR count). The number of carbonyl (C=O) groups is 1. The summed E-state index contributed by atoms with van der Waals surface area (Å²) >= 11 is 0. The first kappa shape index (κ1) is 16.4. The van der Waals surface area contributed by atoms with Crippen molar-refractivity contribution < 1.29 is 22.5 Å². The van der Waals surface area contributed by atoms with Crippen molar-refractivity contribution in [1.82, 2.24) is 15.0 Å². The number of amides is 1. The molecule has 1 saturated heterocycles. The van der Waals surface area contributed by atoms with Gasteiger partial charge in [0.15, 0.2) is 0 Å². The standard InChI is InChI=1S/C15H15F3N4O2/c16-15(17,18)8-22-7-11(5-12(22)23)14-20-13(21-24-14)10-3-1-9(6-19)2-4-10/h1-4,11H,5-8,19H2. The molecule has 6 nitrogen and oxygen atoms in total. The van der Waals surface area contributed by atoms with Crippen molar-refractivity contribution in [1.29, 1.82) is 0 Å². The second-order valence-corrected chi connectivity index (χ2v) is 5.65. The SMILES string of the molecule is NCc1ccc(-c2noc(C3CC(=O)N(CC(F)(F)F)C3)n2)cc1. The van der Waals surface area contributed by atoms with Crippen LogP contribution in [0.25, 0.3) is 11.4 Å². The maximum Gasteiger partial charge on any atom is 0.406 e. The summed E-state index contributed by atoms with van der Waals surface area (Å²) in [7, 11) is 0. The molecule has 128 valence electrons. The molecule has 0 spiro atoms. The molecular weight excluding hydrogens is 325 g/mol. The highest BCUT2D eigenvalue weighted by Crippen LogP contribution is 2.30. The molecule has 1 aromatic heterocycles. The fraction of sp³-hybridized carbons (Fsp3) is 0.400. The molecule has 24 heavy (non-hydrogen) atoms. The van der Waals surface area contributed by atoms with E-state index in [4.69, 9.17) is 10.3 Å². The maximum atomic E-state index is 12.4. The summed E-state index contributed by atoms with van der Waals surface area (Å²) in [5.74, 6) is -0.588. The second-order valence-electron chi connectivity index (χ2n) is 5.65.